The number of hydrogen-bond donors (Lipinski definition) is 1. The molecule has 2 aliphatic rings. The number of carbonyl (C=O) groups is 1. The van der Waals surface area contributed by atoms with E-state index in [0.717, 1.165) is 6.42 Å². The van der Waals surface area contributed by atoms with E-state index in [-0.39, 0.29) is 5.82 Å². The third-order valence-corrected chi connectivity index (χ3v) is 4.73. The highest BCUT2D eigenvalue weighted by atomic mass is 35.5. The quantitative estimate of drug-likeness (QED) is 0.911. The number of fused-ring (bicyclic) bond motifs is 1. The monoisotopic (exact) mass is 268 g/mol. The third kappa shape index (κ3) is 1.91. The molecule has 1 aromatic rings. The largest absolute Gasteiger partial charge is 0.481 e. The predicted octanol–water partition coefficient (Wildman–Crippen LogP) is 3.52. The standard InChI is InChI=1S/C14H14ClFO2/c15-12-2-1-11(16)4-10(12)7-14(13(17)18)5-8-3-9(8)6-14/h1-2,4,8-9H,3,5-7H2,(H,17,18). The van der Waals surface area contributed by atoms with E-state index < -0.39 is 11.4 Å². The maximum atomic E-state index is 13.2. The molecule has 1 N–H and O–H groups in total. The first-order valence-electron chi connectivity index (χ1n) is 6.17. The molecule has 4 heteroatoms. The first-order chi connectivity index (χ1) is 8.50. The van der Waals surface area contributed by atoms with Crippen molar-refractivity contribution in [1.82, 2.24) is 0 Å². The van der Waals surface area contributed by atoms with E-state index in [9.17, 15) is 14.3 Å². The third-order valence-electron chi connectivity index (χ3n) is 4.37. The lowest BCUT2D eigenvalue weighted by Gasteiger charge is -2.26. The molecule has 0 saturated heterocycles. The topological polar surface area (TPSA) is 37.3 Å². The molecule has 2 aliphatic carbocycles. The van der Waals surface area contributed by atoms with Gasteiger partial charge in [-0.15, -0.1) is 0 Å². The molecule has 2 unspecified atom stereocenters. The Morgan fingerprint density at radius 2 is 2.11 bits per heavy atom. The van der Waals surface area contributed by atoms with Crippen molar-refractivity contribution < 1.29 is 14.3 Å². The lowest BCUT2D eigenvalue weighted by atomic mass is 9.77. The van der Waals surface area contributed by atoms with Crippen LogP contribution in [0, 0.1) is 23.1 Å². The highest BCUT2D eigenvalue weighted by molar-refractivity contribution is 6.31. The molecule has 2 nitrogen and oxygen atoms in total. The van der Waals surface area contributed by atoms with E-state index in [1.165, 1.54) is 18.2 Å². The molecule has 2 fully saturated rings. The number of aliphatic carboxylic acids is 1. The van der Waals surface area contributed by atoms with E-state index in [1.807, 2.05) is 0 Å². The van der Waals surface area contributed by atoms with E-state index in [1.54, 1.807) is 0 Å². The highest BCUT2D eigenvalue weighted by Crippen LogP contribution is 2.61. The van der Waals surface area contributed by atoms with Gasteiger partial charge >= 0.3 is 5.97 Å². The minimum atomic E-state index is -0.768. The van der Waals surface area contributed by atoms with Crippen molar-refractivity contribution in [2.75, 3.05) is 0 Å². The Bertz CT molecular complexity index is 505. The van der Waals surface area contributed by atoms with Gasteiger partial charge < -0.3 is 5.11 Å². The summed E-state index contributed by atoms with van der Waals surface area (Å²) < 4.78 is 13.2. The van der Waals surface area contributed by atoms with Crippen LogP contribution in [0.25, 0.3) is 0 Å². The Balaban J connectivity index is 1.89. The van der Waals surface area contributed by atoms with Crippen molar-refractivity contribution in [3.8, 4) is 0 Å². The highest BCUT2D eigenvalue weighted by Gasteiger charge is 2.57. The van der Waals surface area contributed by atoms with Gasteiger partial charge in [-0.05, 0) is 61.3 Å². The van der Waals surface area contributed by atoms with Crippen molar-refractivity contribution >= 4 is 17.6 Å². The van der Waals surface area contributed by atoms with Crippen molar-refractivity contribution in [3.63, 3.8) is 0 Å². The van der Waals surface area contributed by atoms with Crippen LogP contribution in [0.1, 0.15) is 24.8 Å². The van der Waals surface area contributed by atoms with Crippen LogP contribution in [-0.4, -0.2) is 11.1 Å². The summed E-state index contributed by atoms with van der Waals surface area (Å²) in [5.41, 5.74) is -0.120. The fourth-order valence-electron chi connectivity index (χ4n) is 3.34. The summed E-state index contributed by atoms with van der Waals surface area (Å²) in [4.78, 5) is 11.6. The average molecular weight is 269 g/mol. The van der Waals surface area contributed by atoms with Crippen LogP contribution in [-0.2, 0) is 11.2 Å². The Morgan fingerprint density at radius 1 is 1.44 bits per heavy atom. The fraction of sp³-hybridized carbons (Fsp3) is 0.500. The van der Waals surface area contributed by atoms with Gasteiger partial charge in [-0.3, -0.25) is 4.79 Å². The minimum absolute atomic E-state index is 0.339. The Kier molecular flexibility index (Phi) is 2.63. The molecule has 96 valence electrons. The number of rotatable bonds is 3. The molecule has 0 aromatic heterocycles. The SMILES string of the molecule is O=C(O)C1(Cc2cc(F)ccc2Cl)CC2CC2C1. The molecule has 2 atom stereocenters. The zero-order valence-corrected chi connectivity index (χ0v) is 10.6. The second-order valence-electron chi connectivity index (χ2n) is 5.66. The zero-order chi connectivity index (χ0) is 12.9. The Morgan fingerprint density at radius 3 is 2.72 bits per heavy atom. The van der Waals surface area contributed by atoms with Crippen molar-refractivity contribution in [2.45, 2.75) is 25.7 Å². The normalized spacial score (nSPS) is 33.2. The summed E-state index contributed by atoms with van der Waals surface area (Å²) >= 11 is 6.03. The fourth-order valence-corrected chi connectivity index (χ4v) is 3.52. The number of hydrogen-bond acceptors (Lipinski definition) is 1. The molecular formula is C14H14ClFO2. The molecule has 0 heterocycles. The molecule has 0 bridgehead atoms. The van der Waals surface area contributed by atoms with Gasteiger partial charge in [-0.1, -0.05) is 11.6 Å². The molecule has 1 aromatic carbocycles. The lowest BCUT2D eigenvalue weighted by Crippen LogP contribution is -2.32. The summed E-state index contributed by atoms with van der Waals surface area (Å²) in [6, 6.07) is 4.15. The van der Waals surface area contributed by atoms with Crippen LogP contribution in [0.2, 0.25) is 5.02 Å². The summed E-state index contributed by atoms with van der Waals surface area (Å²) in [6.45, 7) is 0. The van der Waals surface area contributed by atoms with Crippen LogP contribution >= 0.6 is 11.6 Å². The number of halogens is 2. The van der Waals surface area contributed by atoms with Crippen molar-refractivity contribution in [3.05, 3.63) is 34.6 Å². The summed E-state index contributed by atoms with van der Waals surface area (Å²) in [7, 11) is 0. The summed E-state index contributed by atoms with van der Waals surface area (Å²) in [5.74, 6) is -0.00464. The van der Waals surface area contributed by atoms with Crippen LogP contribution in [0.15, 0.2) is 18.2 Å². The zero-order valence-electron chi connectivity index (χ0n) is 9.83. The van der Waals surface area contributed by atoms with Crippen LogP contribution in [0.4, 0.5) is 4.39 Å². The van der Waals surface area contributed by atoms with Gasteiger partial charge in [0.25, 0.3) is 0 Å². The Labute approximate surface area is 110 Å². The maximum absolute atomic E-state index is 13.2. The van der Waals surface area contributed by atoms with Gasteiger partial charge in [0.15, 0.2) is 0 Å². The second kappa shape index (κ2) is 3.95. The molecule has 0 aliphatic heterocycles. The van der Waals surface area contributed by atoms with Crippen molar-refractivity contribution in [1.29, 1.82) is 0 Å². The van der Waals surface area contributed by atoms with Gasteiger partial charge in [-0.2, -0.15) is 0 Å². The van der Waals surface area contributed by atoms with Gasteiger partial charge in [0.05, 0.1) is 5.41 Å². The van der Waals surface area contributed by atoms with E-state index in [0.29, 0.717) is 41.7 Å². The molecule has 0 spiro atoms. The van der Waals surface area contributed by atoms with Gasteiger partial charge in [0.1, 0.15) is 5.82 Å². The first kappa shape index (κ1) is 12.0. The molecule has 18 heavy (non-hydrogen) atoms. The number of carboxylic acids is 1. The van der Waals surface area contributed by atoms with Crippen LogP contribution in [0.5, 0.6) is 0 Å². The predicted molar refractivity (Wildman–Crippen MR) is 66.0 cm³/mol. The number of carboxylic acid groups (broad SMARTS) is 1. The Hall–Kier alpha value is -1.09. The van der Waals surface area contributed by atoms with Crippen LogP contribution in [0.3, 0.4) is 0 Å². The maximum Gasteiger partial charge on any atom is 0.309 e. The molecular weight excluding hydrogens is 255 g/mol. The van der Waals surface area contributed by atoms with E-state index >= 15 is 0 Å². The molecule has 2 saturated carbocycles. The minimum Gasteiger partial charge on any atom is -0.481 e. The second-order valence-corrected chi connectivity index (χ2v) is 6.07. The summed E-state index contributed by atoms with van der Waals surface area (Å²) in [6.07, 6.45) is 2.91. The molecule has 3 rings (SSSR count). The first-order valence-corrected chi connectivity index (χ1v) is 6.55. The lowest BCUT2D eigenvalue weighted by molar-refractivity contribution is -0.149. The smallest absolute Gasteiger partial charge is 0.309 e. The summed E-state index contributed by atoms with van der Waals surface area (Å²) in [5, 5.41) is 9.94. The van der Waals surface area contributed by atoms with Crippen molar-refractivity contribution in [2.24, 2.45) is 17.3 Å². The van der Waals surface area contributed by atoms with Gasteiger partial charge in [0.2, 0.25) is 0 Å². The van der Waals surface area contributed by atoms with Gasteiger partial charge in [0, 0.05) is 5.02 Å². The molecule has 0 radical (unpaired) electrons. The number of benzene rings is 1. The van der Waals surface area contributed by atoms with Crippen LogP contribution < -0.4 is 0 Å². The van der Waals surface area contributed by atoms with E-state index in [2.05, 4.69) is 0 Å². The van der Waals surface area contributed by atoms with E-state index in [4.69, 9.17) is 11.6 Å². The average Bonchev–Trinajstić information content (AvgIpc) is 2.92. The van der Waals surface area contributed by atoms with Gasteiger partial charge in [-0.25, -0.2) is 4.39 Å². The molecule has 0 amide bonds.